The number of hydrogen-bond donors (Lipinski definition) is 0. The highest BCUT2D eigenvalue weighted by molar-refractivity contribution is 5.69. The van der Waals surface area contributed by atoms with Crippen LogP contribution in [-0.2, 0) is 9.53 Å². The van der Waals surface area contributed by atoms with Crippen LogP contribution in [0.3, 0.4) is 0 Å². The molecule has 1 atom stereocenters. The van der Waals surface area contributed by atoms with Gasteiger partial charge in [-0.3, -0.25) is 4.79 Å². The lowest BCUT2D eigenvalue weighted by molar-refractivity contribution is -0.145. The van der Waals surface area contributed by atoms with Crippen LogP contribution < -0.4 is 0 Å². The van der Waals surface area contributed by atoms with E-state index in [2.05, 4.69) is 20.8 Å². The molecule has 0 fully saturated rings. The van der Waals surface area contributed by atoms with E-state index >= 15 is 0 Å². The molecule has 186 valence electrons. The van der Waals surface area contributed by atoms with E-state index < -0.39 is 0 Å². The van der Waals surface area contributed by atoms with E-state index in [1.165, 1.54) is 135 Å². The largest absolute Gasteiger partial charge is 0.465 e. The smallest absolute Gasteiger partial charge is 0.305 e. The molecule has 0 aliphatic carbocycles. The lowest BCUT2D eigenvalue weighted by Gasteiger charge is -2.17. The molecular formula is C29H58O2. The predicted octanol–water partition coefficient (Wildman–Crippen LogP) is 10.2. The van der Waals surface area contributed by atoms with Crippen molar-refractivity contribution in [2.75, 3.05) is 6.61 Å². The van der Waals surface area contributed by atoms with Crippen molar-refractivity contribution in [1.82, 2.24) is 0 Å². The van der Waals surface area contributed by atoms with Crippen molar-refractivity contribution in [2.45, 2.75) is 168 Å². The molecule has 2 nitrogen and oxygen atoms in total. The Bertz CT molecular complexity index is 353. The third-order valence-corrected chi connectivity index (χ3v) is 6.65. The summed E-state index contributed by atoms with van der Waals surface area (Å²) in [4.78, 5) is 12.2. The fourth-order valence-corrected chi connectivity index (χ4v) is 4.42. The second kappa shape index (κ2) is 25.7. The van der Waals surface area contributed by atoms with Crippen LogP contribution in [-0.4, -0.2) is 12.6 Å². The first-order valence-corrected chi connectivity index (χ1v) is 14.4. The number of rotatable bonds is 25. The molecule has 0 aromatic carbocycles. The summed E-state index contributed by atoms with van der Waals surface area (Å²) in [6, 6.07) is 0. The van der Waals surface area contributed by atoms with Crippen LogP contribution in [0.2, 0.25) is 0 Å². The van der Waals surface area contributed by atoms with Gasteiger partial charge in [0.2, 0.25) is 0 Å². The monoisotopic (exact) mass is 438 g/mol. The quantitative estimate of drug-likeness (QED) is 0.105. The number of carbonyl (C=O) groups is 1. The fraction of sp³-hybridized carbons (Fsp3) is 0.966. The van der Waals surface area contributed by atoms with Crippen LogP contribution in [0, 0.1) is 5.92 Å². The van der Waals surface area contributed by atoms with Crippen molar-refractivity contribution in [3.63, 3.8) is 0 Å². The lowest BCUT2D eigenvalue weighted by atomic mass is 9.95. The zero-order chi connectivity index (χ0) is 22.8. The Balaban J connectivity index is 3.79. The van der Waals surface area contributed by atoms with Crippen LogP contribution in [0.1, 0.15) is 168 Å². The topological polar surface area (TPSA) is 26.3 Å². The highest BCUT2D eigenvalue weighted by atomic mass is 16.5. The summed E-state index contributed by atoms with van der Waals surface area (Å²) in [6.45, 7) is 7.48. The van der Waals surface area contributed by atoms with Crippen LogP contribution in [0.4, 0.5) is 0 Å². The fourth-order valence-electron chi connectivity index (χ4n) is 4.42. The molecule has 0 aromatic heterocycles. The molecule has 0 rings (SSSR count). The van der Waals surface area contributed by atoms with Crippen molar-refractivity contribution in [3.05, 3.63) is 0 Å². The first-order valence-electron chi connectivity index (χ1n) is 14.4. The van der Waals surface area contributed by atoms with Gasteiger partial charge in [0.25, 0.3) is 0 Å². The van der Waals surface area contributed by atoms with E-state index in [9.17, 15) is 4.79 Å². The summed E-state index contributed by atoms with van der Waals surface area (Å²) < 4.78 is 5.70. The van der Waals surface area contributed by atoms with Crippen molar-refractivity contribution in [1.29, 1.82) is 0 Å². The molecule has 1 unspecified atom stereocenters. The second-order valence-corrected chi connectivity index (χ2v) is 9.89. The van der Waals surface area contributed by atoms with Gasteiger partial charge in [-0.15, -0.1) is 0 Å². The highest BCUT2D eigenvalue weighted by Crippen LogP contribution is 2.20. The SMILES string of the molecule is CCCCCCCCCCCCC(=O)OCC(CCCCCC)CCCCCCCC. The summed E-state index contributed by atoms with van der Waals surface area (Å²) in [5, 5.41) is 0. The number of carbonyl (C=O) groups excluding carboxylic acids is 1. The van der Waals surface area contributed by atoms with E-state index in [0.717, 1.165) is 6.42 Å². The van der Waals surface area contributed by atoms with E-state index in [0.29, 0.717) is 18.9 Å². The average molecular weight is 439 g/mol. The molecule has 0 aliphatic heterocycles. The molecule has 0 saturated heterocycles. The average Bonchev–Trinajstić information content (AvgIpc) is 2.78. The van der Waals surface area contributed by atoms with E-state index in [4.69, 9.17) is 4.74 Å². The van der Waals surface area contributed by atoms with Crippen LogP contribution in [0.5, 0.6) is 0 Å². The molecule has 0 saturated carbocycles. The van der Waals surface area contributed by atoms with Gasteiger partial charge in [-0.05, 0) is 25.2 Å². The lowest BCUT2D eigenvalue weighted by Crippen LogP contribution is -2.14. The van der Waals surface area contributed by atoms with Crippen LogP contribution >= 0.6 is 0 Å². The third kappa shape index (κ3) is 24.0. The Kier molecular flexibility index (Phi) is 25.3. The van der Waals surface area contributed by atoms with Gasteiger partial charge >= 0.3 is 5.97 Å². The molecule has 0 radical (unpaired) electrons. The van der Waals surface area contributed by atoms with Crippen molar-refractivity contribution < 1.29 is 9.53 Å². The summed E-state index contributed by atoms with van der Waals surface area (Å²) >= 11 is 0. The van der Waals surface area contributed by atoms with Gasteiger partial charge in [0.1, 0.15) is 0 Å². The first-order chi connectivity index (χ1) is 15.2. The maximum atomic E-state index is 12.2. The molecule has 0 aliphatic rings. The Labute approximate surface area is 196 Å². The predicted molar refractivity (Wildman–Crippen MR) is 138 cm³/mol. The standard InChI is InChI=1S/C29H58O2/c1-4-7-10-13-15-16-17-18-20-23-26-29(30)31-27-28(24-21-12-9-6-3)25-22-19-14-11-8-5-2/h28H,4-27H2,1-3H3. The minimum absolute atomic E-state index is 0.0427. The van der Waals surface area contributed by atoms with Gasteiger partial charge in [0.05, 0.1) is 6.61 Å². The molecule has 0 N–H and O–H groups in total. The van der Waals surface area contributed by atoms with Crippen LogP contribution in [0.15, 0.2) is 0 Å². The van der Waals surface area contributed by atoms with Gasteiger partial charge in [-0.2, -0.15) is 0 Å². The minimum atomic E-state index is 0.0427. The maximum absolute atomic E-state index is 12.2. The highest BCUT2D eigenvalue weighted by Gasteiger charge is 2.12. The Hall–Kier alpha value is -0.530. The Morgan fingerprint density at radius 2 is 0.871 bits per heavy atom. The number of unbranched alkanes of at least 4 members (excludes halogenated alkanes) is 17. The normalized spacial score (nSPS) is 12.2. The molecule has 0 bridgehead atoms. The molecule has 0 spiro atoms. The van der Waals surface area contributed by atoms with E-state index in [-0.39, 0.29) is 5.97 Å². The summed E-state index contributed by atoms with van der Waals surface area (Å²) in [6.07, 6.45) is 29.5. The van der Waals surface area contributed by atoms with Crippen molar-refractivity contribution >= 4 is 5.97 Å². The third-order valence-electron chi connectivity index (χ3n) is 6.65. The van der Waals surface area contributed by atoms with Gasteiger partial charge in [-0.1, -0.05) is 143 Å². The molecule has 2 heteroatoms. The van der Waals surface area contributed by atoms with Gasteiger partial charge in [-0.25, -0.2) is 0 Å². The van der Waals surface area contributed by atoms with Crippen LogP contribution in [0.25, 0.3) is 0 Å². The summed E-state index contributed by atoms with van der Waals surface area (Å²) in [5.74, 6) is 0.626. The van der Waals surface area contributed by atoms with E-state index in [1.807, 2.05) is 0 Å². The summed E-state index contributed by atoms with van der Waals surface area (Å²) in [5.41, 5.74) is 0. The van der Waals surface area contributed by atoms with Gasteiger partial charge in [0, 0.05) is 6.42 Å². The molecule has 0 amide bonds. The molecular weight excluding hydrogens is 380 g/mol. The second-order valence-electron chi connectivity index (χ2n) is 9.89. The Morgan fingerprint density at radius 3 is 1.32 bits per heavy atom. The number of esters is 1. The zero-order valence-electron chi connectivity index (χ0n) is 21.9. The van der Waals surface area contributed by atoms with Gasteiger partial charge < -0.3 is 4.74 Å². The minimum Gasteiger partial charge on any atom is -0.465 e. The Morgan fingerprint density at radius 1 is 0.516 bits per heavy atom. The van der Waals surface area contributed by atoms with Gasteiger partial charge in [0.15, 0.2) is 0 Å². The number of hydrogen-bond acceptors (Lipinski definition) is 2. The summed E-state index contributed by atoms with van der Waals surface area (Å²) in [7, 11) is 0. The zero-order valence-corrected chi connectivity index (χ0v) is 21.9. The van der Waals surface area contributed by atoms with Crippen molar-refractivity contribution in [2.24, 2.45) is 5.92 Å². The number of ether oxygens (including phenoxy) is 1. The molecule has 31 heavy (non-hydrogen) atoms. The first kappa shape index (κ1) is 30.5. The van der Waals surface area contributed by atoms with E-state index in [1.54, 1.807) is 0 Å². The molecule has 0 heterocycles. The van der Waals surface area contributed by atoms with Crippen molar-refractivity contribution in [3.8, 4) is 0 Å². The maximum Gasteiger partial charge on any atom is 0.305 e. The molecule has 0 aromatic rings.